The number of aliphatic carboxylic acids is 1. The van der Waals surface area contributed by atoms with E-state index in [1.54, 1.807) is 0 Å². The van der Waals surface area contributed by atoms with E-state index >= 15 is 0 Å². The fraction of sp³-hybridized carbons (Fsp3) is 0.318. The van der Waals surface area contributed by atoms with Gasteiger partial charge in [0.2, 0.25) is 5.91 Å². The van der Waals surface area contributed by atoms with Crippen molar-refractivity contribution >= 4 is 45.9 Å². The second kappa shape index (κ2) is 8.89. The number of hydrogen-bond acceptors (Lipinski definition) is 9. The number of nitrogens with one attached hydrogen (secondary N) is 1. The Morgan fingerprint density at radius 1 is 1.23 bits per heavy atom. The van der Waals surface area contributed by atoms with Gasteiger partial charge in [-0.25, -0.2) is 24.6 Å². The molecule has 1 amide bonds. The summed E-state index contributed by atoms with van der Waals surface area (Å²) in [7, 11) is 0. The van der Waals surface area contributed by atoms with E-state index in [-0.39, 0.29) is 56.9 Å². The lowest BCUT2D eigenvalue weighted by Crippen LogP contribution is -2.37. The van der Waals surface area contributed by atoms with Crippen LogP contribution in [-0.4, -0.2) is 58.8 Å². The van der Waals surface area contributed by atoms with Gasteiger partial charge in [0.25, 0.3) is 0 Å². The van der Waals surface area contributed by atoms with Gasteiger partial charge in [0.15, 0.2) is 11.5 Å². The maximum Gasteiger partial charge on any atom is 0.453 e. The molecule has 0 bridgehead atoms. The number of rotatable bonds is 7. The van der Waals surface area contributed by atoms with E-state index < -0.39 is 42.4 Å². The van der Waals surface area contributed by atoms with Crippen molar-refractivity contribution in [3.05, 3.63) is 40.0 Å². The van der Waals surface area contributed by atoms with E-state index in [2.05, 4.69) is 30.4 Å². The first-order valence-corrected chi connectivity index (χ1v) is 12.0. The molecule has 0 unspecified atom stereocenters. The third-order valence-electron chi connectivity index (χ3n) is 6.21. The molecule has 1 aliphatic rings. The highest BCUT2D eigenvalue weighted by Crippen LogP contribution is 2.46. The number of hydrogen-bond donors (Lipinski definition) is 3. The Bertz CT molecular complexity index is 1640. The van der Waals surface area contributed by atoms with Crippen molar-refractivity contribution in [1.82, 2.24) is 29.7 Å². The van der Waals surface area contributed by atoms with Gasteiger partial charge >= 0.3 is 18.1 Å². The van der Waals surface area contributed by atoms with Crippen LogP contribution in [0.2, 0.25) is 0 Å². The highest BCUT2D eigenvalue weighted by atomic mass is 32.1. The van der Waals surface area contributed by atoms with Gasteiger partial charge in [-0.2, -0.15) is 27.1 Å². The Balaban J connectivity index is 1.55. The number of halogens is 5. The number of carbonyl (C=O) groups is 2. The minimum atomic E-state index is -5.72. The van der Waals surface area contributed by atoms with Crippen molar-refractivity contribution in [2.45, 2.75) is 43.8 Å². The fourth-order valence-corrected chi connectivity index (χ4v) is 5.19. The summed E-state index contributed by atoms with van der Waals surface area (Å²) in [4.78, 5) is 41.1. The lowest BCUT2D eigenvalue weighted by atomic mass is 9.85. The van der Waals surface area contributed by atoms with Gasteiger partial charge in [-0.1, -0.05) is 0 Å². The Hall–Kier alpha value is -4.28. The topological polar surface area (TPSA) is 162 Å². The average Bonchev–Trinajstić information content (AvgIpc) is 3.52. The zero-order chi connectivity index (χ0) is 28.3. The first-order valence-electron chi connectivity index (χ1n) is 11.1. The van der Waals surface area contributed by atoms with Crippen LogP contribution in [0, 0.1) is 0 Å². The third kappa shape index (κ3) is 4.31. The predicted molar refractivity (Wildman–Crippen MR) is 127 cm³/mol. The standard InChI is InChI=1S/C22H17F5N8O3S/c1-20(19-30-9(8-39-19)7-11(36)37)12-14(28)31-16(32-15(12)33-18(20)38)13-10-3-2-5-29-17(10)35(34-13)6-4-21(23,24)22(25,26)27/h2-3,5,8H,4,6-7H2,1H3,(H,36,37)(H3,28,31,32,33,38)/t20-/m0/s1. The van der Waals surface area contributed by atoms with Crippen LogP contribution >= 0.6 is 11.3 Å². The number of carboxylic acid groups (broad SMARTS) is 1. The van der Waals surface area contributed by atoms with Crippen molar-refractivity contribution in [2.75, 3.05) is 11.1 Å². The summed E-state index contributed by atoms with van der Waals surface area (Å²) in [6.07, 6.45) is -6.31. The second-order valence-corrected chi connectivity index (χ2v) is 9.71. The first-order chi connectivity index (χ1) is 18.2. The summed E-state index contributed by atoms with van der Waals surface area (Å²) in [6, 6.07) is 3.02. The van der Waals surface area contributed by atoms with Crippen LogP contribution in [0.1, 0.15) is 29.6 Å². The molecule has 0 saturated heterocycles. The Morgan fingerprint density at radius 2 is 1.97 bits per heavy atom. The molecule has 0 spiro atoms. The molecule has 5 heterocycles. The second-order valence-electron chi connectivity index (χ2n) is 8.85. The number of pyridine rings is 1. The zero-order valence-electron chi connectivity index (χ0n) is 19.8. The normalized spacial score (nSPS) is 17.4. The van der Waals surface area contributed by atoms with E-state index in [9.17, 15) is 31.5 Å². The van der Waals surface area contributed by atoms with Crippen LogP contribution in [0.5, 0.6) is 0 Å². The molecule has 0 aliphatic carbocycles. The van der Waals surface area contributed by atoms with Gasteiger partial charge in [-0.15, -0.1) is 11.3 Å². The Labute approximate surface area is 218 Å². The molecule has 4 aromatic rings. The minimum Gasteiger partial charge on any atom is -0.481 e. The number of carbonyl (C=O) groups excluding carboxylic acids is 1. The van der Waals surface area contributed by atoms with Gasteiger partial charge in [-0.05, 0) is 19.1 Å². The summed E-state index contributed by atoms with van der Waals surface area (Å²) >= 11 is 1.07. The molecule has 0 aromatic carbocycles. The van der Waals surface area contributed by atoms with Crippen molar-refractivity contribution in [1.29, 1.82) is 0 Å². The number of fused-ring (bicyclic) bond motifs is 2. The highest BCUT2D eigenvalue weighted by Gasteiger charge is 2.57. The molecule has 204 valence electrons. The number of nitrogens with two attached hydrogens (primary N) is 1. The number of alkyl halides is 5. The number of aryl methyl sites for hydroxylation is 1. The van der Waals surface area contributed by atoms with Gasteiger partial charge in [0, 0.05) is 24.5 Å². The average molecular weight is 568 g/mol. The van der Waals surface area contributed by atoms with Gasteiger partial charge < -0.3 is 16.2 Å². The van der Waals surface area contributed by atoms with E-state index in [4.69, 9.17) is 10.8 Å². The largest absolute Gasteiger partial charge is 0.481 e. The van der Waals surface area contributed by atoms with Crippen molar-refractivity contribution < 1.29 is 36.6 Å². The van der Waals surface area contributed by atoms with Gasteiger partial charge in [0.05, 0.1) is 23.1 Å². The van der Waals surface area contributed by atoms with Crippen molar-refractivity contribution in [3.8, 4) is 11.5 Å². The molecule has 39 heavy (non-hydrogen) atoms. The number of amides is 1. The fourth-order valence-electron chi connectivity index (χ4n) is 4.21. The van der Waals surface area contributed by atoms with Crippen LogP contribution in [-0.2, 0) is 28.0 Å². The summed E-state index contributed by atoms with van der Waals surface area (Å²) in [5.41, 5.74) is 5.29. The molecular formula is C22H17F5N8O3S. The molecule has 1 atom stereocenters. The molecule has 17 heteroatoms. The number of carboxylic acids is 1. The van der Waals surface area contributed by atoms with Crippen LogP contribution in [0.3, 0.4) is 0 Å². The van der Waals surface area contributed by atoms with Crippen LogP contribution in [0.4, 0.5) is 33.6 Å². The van der Waals surface area contributed by atoms with Crippen LogP contribution < -0.4 is 11.1 Å². The summed E-state index contributed by atoms with van der Waals surface area (Å²) in [6.45, 7) is 0.726. The number of anilines is 2. The molecule has 4 N–H and O–H groups in total. The molecule has 1 aliphatic heterocycles. The highest BCUT2D eigenvalue weighted by molar-refractivity contribution is 7.10. The molecule has 0 saturated carbocycles. The third-order valence-corrected chi connectivity index (χ3v) is 7.32. The van der Waals surface area contributed by atoms with E-state index in [1.807, 2.05) is 0 Å². The maximum atomic E-state index is 13.6. The summed E-state index contributed by atoms with van der Waals surface area (Å²) in [5, 5.41) is 17.8. The lowest BCUT2D eigenvalue weighted by molar-refractivity contribution is -0.285. The van der Waals surface area contributed by atoms with E-state index in [1.165, 1.54) is 30.6 Å². The zero-order valence-corrected chi connectivity index (χ0v) is 20.6. The molecule has 4 aromatic heterocycles. The molecule has 0 fully saturated rings. The Kier molecular flexibility index (Phi) is 6.00. The Morgan fingerprint density at radius 3 is 2.67 bits per heavy atom. The molecule has 11 nitrogen and oxygen atoms in total. The van der Waals surface area contributed by atoms with Crippen molar-refractivity contribution in [3.63, 3.8) is 0 Å². The monoisotopic (exact) mass is 568 g/mol. The molecule has 5 rings (SSSR count). The minimum absolute atomic E-state index is 0.00349. The smallest absolute Gasteiger partial charge is 0.453 e. The SMILES string of the molecule is C[C@@]1(c2nc(CC(=O)O)cs2)C(=O)Nc2nc(-c3nn(CCC(F)(F)C(F)(F)F)c4ncccc34)nc(N)c21. The predicted octanol–water partition coefficient (Wildman–Crippen LogP) is 3.40. The van der Waals surface area contributed by atoms with Crippen LogP contribution in [0.25, 0.3) is 22.6 Å². The first kappa shape index (κ1) is 26.3. The van der Waals surface area contributed by atoms with Gasteiger partial charge in [0.1, 0.15) is 27.8 Å². The van der Waals surface area contributed by atoms with Crippen LogP contribution in [0.15, 0.2) is 23.7 Å². The summed E-state index contributed by atoms with van der Waals surface area (Å²) < 4.78 is 66.0. The summed E-state index contributed by atoms with van der Waals surface area (Å²) in [5.74, 6) is -6.82. The maximum absolute atomic E-state index is 13.6. The molecular weight excluding hydrogens is 551 g/mol. The number of nitrogen functional groups attached to an aromatic ring is 1. The molecule has 0 radical (unpaired) electrons. The number of nitrogens with zero attached hydrogens (tertiary/aromatic N) is 6. The quantitative estimate of drug-likeness (QED) is 0.284. The number of thiazole rings is 1. The van der Waals surface area contributed by atoms with Crippen molar-refractivity contribution in [2.24, 2.45) is 0 Å². The van der Waals surface area contributed by atoms with E-state index in [0.717, 1.165) is 16.0 Å². The van der Waals surface area contributed by atoms with Gasteiger partial charge in [-0.3, -0.25) is 9.59 Å². The number of aromatic nitrogens is 6. The lowest BCUT2D eigenvalue weighted by Gasteiger charge is -2.20. The van der Waals surface area contributed by atoms with E-state index in [0.29, 0.717) is 0 Å².